The van der Waals surface area contributed by atoms with Gasteiger partial charge < -0.3 is 10.4 Å². The second-order valence-electron chi connectivity index (χ2n) is 6.65. The molecule has 0 radical (unpaired) electrons. The summed E-state index contributed by atoms with van der Waals surface area (Å²) in [6.45, 7) is 0.999. The minimum atomic E-state index is -4.62. The largest absolute Gasteiger partial charge is 0.508 e. The van der Waals surface area contributed by atoms with Crippen LogP contribution in [-0.2, 0) is 11.0 Å². The summed E-state index contributed by atoms with van der Waals surface area (Å²) in [6, 6.07) is 9.56. The zero-order valence-electron chi connectivity index (χ0n) is 16.7. The van der Waals surface area contributed by atoms with Crippen LogP contribution in [0.4, 0.5) is 23.4 Å². The average Bonchev–Trinajstić information content (AvgIpc) is 3.13. The third kappa shape index (κ3) is 4.88. The maximum absolute atomic E-state index is 14.5. The molecule has 2 aromatic carbocycles. The van der Waals surface area contributed by atoms with E-state index in [1.165, 1.54) is 24.3 Å². The van der Waals surface area contributed by atoms with Gasteiger partial charge in [0.1, 0.15) is 5.75 Å². The summed E-state index contributed by atoms with van der Waals surface area (Å²) in [7, 11) is 0. The van der Waals surface area contributed by atoms with Gasteiger partial charge in [0.15, 0.2) is 11.6 Å². The Bertz CT molecular complexity index is 1140. The Morgan fingerprint density at radius 1 is 1.16 bits per heavy atom. The van der Waals surface area contributed by atoms with Crippen LogP contribution >= 0.6 is 0 Å². The standard InChI is InChI=1S/C21H18F4N4O3/c1-2-28(20-17(22)11-27-29(20)15-7-4-8-16(30)10-15)18(31)12-26-19(32)13-5-3-6-14(9-13)21(23,24)25/h3-11,30H,2,12H2,1H3,(H,26,32). The van der Waals surface area contributed by atoms with E-state index in [1.54, 1.807) is 13.0 Å². The molecule has 2 amide bonds. The van der Waals surface area contributed by atoms with Gasteiger partial charge in [-0.15, -0.1) is 0 Å². The first-order valence-corrected chi connectivity index (χ1v) is 9.40. The number of rotatable bonds is 6. The van der Waals surface area contributed by atoms with Crippen LogP contribution in [0.5, 0.6) is 5.75 Å². The fourth-order valence-corrected chi connectivity index (χ4v) is 3.01. The number of aromatic nitrogens is 2. The monoisotopic (exact) mass is 450 g/mol. The van der Waals surface area contributed by atoms with Gasteiger partial charge in [-0.05, 0) is 37.3 Å². The number of hydrogen-bond donors (Lipinski definition) is 2. The van der Waals surface area contributed by atoms with Crippen molar-refractivity contribution in [3.8, 4) is 11.4 Å². The lowest BCUT2D eigenvalue weighted by Gasteiger charge is -2.22. The van der Waals surface area contributed by atoms with Crippen molar-refractivity contribution in [2.45, 2.75) is 13.1 Å². The van der Waals surface area contributed by atoms with Gasteiger partial charge in [-0.1, -0.05) is 12.1 Å². The normalized spacial score (nSPS) is 11.3. The van der Waals surface area contributed by atoms with E-state index < -0.39 is 35.9 Å². The number of benzene rings is 2. The highest BCUT2D eigenvalue weighted by atomic mass is 19.4. The first-order valence-electron chi connectivity index (χ1n) is 9.40. The lowest BCUT2D eigenvalue weighted by molar-refractivity contribution is -0.137. The summed E-state index contributed by atoms with van der Waals surface area (Å²) < 4.78 is 54.1. The Kier molecular flexibility index (Phi) is 6.47. The van der Waals surface area contributed by atoms with E-state index in [4.69, 9.17) is 0 Å². The fourth-order valence-electron chi connectivity index (χ4n) is 3.01. The zero-order chi connectivity index (χ0) is 23.5. The Morgan fingerprint density at radius 2 is 1.88 bits per heavy atom. The van der Waals surface area contributed by atoms with Crippen molar-refractivity contribution in [2.75, 3.05) is 18.0 Å². The second-order valence-corrected chi connectivity index (χ2v) is 6.65. The van der Waals surface area contributed by atoms with Crippen molar-refractivity contribution in [3.05, 3.63) is 71.7 Å². The van der Waals surface area contributed by atoms with E-state index in [9.17, 15) is 32.3 Å². The van der Waals surface area contributed by atoms with Crippen molar-refractivity contribution in [1.29, 1.82) is 0 Å². The SMILES string of the molecule is CCN(C(=O)CNC(=O)c1cccc(C(F)(F)F)c1)c1c(F)cnn1-c1cccc(O)c1. The summed E-state index contributed by atoms with van der Waals surface area (Å²) in [4.78, 5) is 26.0. The number of alkyl halides is 3. The Hall–Kier alpha value is -3.89. The van der Waals surface area contributed by atoms with Crippen molar-refractivity contribution in [3.63, 3.8) is 0 Å². The molecule has 7 nitrogen and oxygen atoms in total. The van der Waals surface area contributed by atoms with E-state index in [0.29, 0.717) is 11.8 Å². The predicted molar refractivity (Wildman–Crippen MR) is 107 cm³/mol. The summed E-state index contributed by atoms with van der Waals surface area (Å²) >= 11 is 0. The smallest absolute Gasteiger partial charge is 0.416 e. The lowest BCUT2D eigenvalue weighted by atomic mass is 10.1. The summed E-state index contributed by atoms with van der Waals surface area (Å²) in [5.41, 5.74) is -0.974. The molecule has 32 heavy (non-hydrogen) atoms. The number of aromatic hydroxyl groups is 1. The highest BCUT2D eigenvalue weighted by Crippen LogP contribution is 2.29. The molecule has 2 N–H and O–H groups in total. The number of phenols is 1. The molecule has 0 spiro atoms. The van der Waals surface area contributed by atoms with E-state index in [2.05, 4.69) is 10.4 Å². The van der Waals surface area contributed by atoms with Gasteiger partial charge >= 0.3 is 6.18 Å². The third-order valence-electron chi connectivity index (χ3n) is 4.50. The molecule has 0 unspecified atom stereocenters. The van der Waals surface area contributed by atoms with Gasteiger partial charge in [0.05, 0.1) is 24.0 Å². The number of phenolic OH excluding ortho intramolecular Hbond substituents is 1. The van der Waals surface area contributed by atoms with Crippen LogP contribution in [0.15, 0.2) is 54.7 Å². The highest BCUT2D eigenvalue weighted by Gasteiger charge is 2.31. The molecule has 0 saturated heterocycles. The number of carbonyl (C=O) groups is 2. The van der Waals surface area contributed by atoms with Crippen LogP contribution < -0.4 is 10.2 Å². The van der Waals surface area contributed by atoms with Crippen LogP contribution in [0, 0.1) is 5.82 Å². The topological polar surface area (TPSA) is 87.5 Å². The fraction of sp³-hybridized carbons (Fsp3) is 0.190. The molecule has 11 heteroatoms. The van der Waals surface area contributed by atoms with Gasteiger partial charge in [0.25, 0.3) is 5.91 Å². The van der Waals surface area contributed by atoms with Crippen LogP contribution in [0.3, 0.4) is 0 Å². The van der Waals surface area contributed by atoms with Crippen LogP contribution in [-0.4, -0.2) is 39.8 Å². The molecule has 0 aliphatic carbocycles. The highest BCUT2D eigenvalue weighted by molar-refractivity contribution is 6.00. The van der Waals surface area contributed by atoms with Crippen LogP contribution in [0.2, 0.25) is 0 Å². The van der Waals surface area contributed by atoms with Crippen LogP contribution in [0.25, 0.3) is 5.69 Å². The van der Waals surface area contributed by atoms with E-state index >= 15 is 0 Å². The molecule has 3 rings (SSSR count). The molecule has 1 heterocycles. The predicted octanol–water partition coefficient (Wildman–Crippen LogP) is 3.52. The second kappa shape index (κ2) is 9.08. The quantitative estimate of drug-likeness (QED) is 0.563. The number of carbonyl (C=O) groups excluding carboxylic acids is 2. The van der Waals surface area contributed by atoms with Crippen molar-refractivity contribution in [2.24, 2.45) is 0 Å². The zero-order valence-corrected chi connectivity index (χ0v) is 16.7. The average molecular weight is 450 g/mol. The molecule has 0 aliphatic heterocycles. The van der Waals surface area contributed by atoms with E-state index in [0.717, 1.165) is 27.9 Å². The van der Waals surface area contributed by atoms with Gasteiger partial charge in [-0.25, -0.2) is 9.07 Å². The summed E-state index contributed by atoms with van der Waals surface area (Å²) in [5, 5.41) is 15.8. The molecule has 0 fully saturated rings. The molecule has 3 aromatic rings. The van der Waals surface area contributed by atoms with Gasteiger partial charge in [0.2, 0.25) is 5.91 Å². The summed E-state index contributed by atoms with van der Waals surface area (Å²) in [6.07, 6.45) is -3.72. The van der Waals surface area contributed by atoms with Crippen molar-refractivity contribution < 1.29 is 32.3 Å². The first-order chi connectivity index (χ1) is 15.1. The number of hydrogen-bond acceptors (Lipinski definition) is 4. The molecule has 168 valence electrons. The Morgan fingerprint density at radius 3 is 2.53 bits per heavy atom. The number of nitrogens with zero attached hydrogens (tertiary/aromatic N) is 3. The van der Waals surface area contributed by atoms with Gasteiger partial charge in [0, 0.05) is 18.2 Å². The Labute approximate surface area is 179 Å². The number of anilines is 1. The molecule has 0 atom stereocenters. The third-order valence-corrected chi connectivity index (χ3v) is 4.50. The first kappa shape index (κ1) is 22.8. The molecule has 1 aromatic heterocycles. The minimum absolute atomic E-state index is 0.0136. The maximum Gasteiger partial charge on any atom is 0.416 e. The molecule has 0 saturated carbocycles. The summed E-state index contributed by atoms with van der Waals surface area (Å²) in [5.74, 6) is -2.72. The molecule has 0 bridgehead atoms. The van der Waals surface area contributed by atoms with Gasteiger partial charge in [-0.3, -0.25) is 14.5 Å². The van der Waals surface area contributed by atoms with E-state index in [1.807, 2.05) is 0 Å². The molecule has 0 aliphatic rings. The van der Waals surface area contributed by atoms with Crippen molar-refractivity contribution >= 4 is 17.6 Å². The van der Waals surface area contributed by atoms with Crippen LogP contribution in [0.1, 0.15) is 22.8 Å². The number of halogens is 4. The maximum atomic E-state index is 14.5. The van der Waals surface area contributed by atoms with E-state index in [-0.39, 0.29) is 23.7 Å². The molecular weight excluding hydrogens is 432 g/mol. The number of likely N-dealkylation sites (N-methyl/N-ethyl adjacent to an activating group) is 1. The Balaban J connectivity index is 1.78. The van der Waals surface area contributed by atoms with Gasteiger partial charge in [-0.2, -0.15) is 18.3 Å². The minimum Gasteiger partial charge on any atom is -0.508 e. The lowest BCUT2D eigenvalue weighted by Crippen LogP contribution is -2.41. The molecular formula is C21H18F4N4O3. The number of amides is 2. The number of nitrogens with one attached hydrogen (secondary N) is 1. The van der Waals surface area contributed by atoms with Crippen molar-refractivity contribution in [1.82, 2.24) is 15.1 Å².